The van der Waals surface area contributed by atoms with E-state index in [-0.39, 0.29) is 0 Å². The van der Waals surface area contributed by atoms with Crippen molar-refractivity contribution in [2.45, 2.75) is 85.0 Å². The first-order valence-electron chi connectivity index (χ1n) is 16.9. The average molecular weight is 599 g/mol. The largest absolute Gasteiger partial charge is 0.497 e. The van der Waals surface area contributed by atoms with E-state index in [1.165, 1.54) is 36.0 Å². The molecule has 0 radical (unpaired) electrons. The molecule has 0 saturated carbocycles. The van der Waals surface area contributed by atoms with Gasteiger partial charge in [-0.05, 0) is 98.4 Å². The Bertz CT molecular complexity index is 1870. The number of fused-ring (bicyclic) bond motifs is 8. The lowest BCUT2D eigenvalue weighted by Gasteiger charge is -2.06. The molecule has 2 aliphatic heterocycles. The molecule has 8 bridgehead atoms. The number of aromatic nitrogens is 4. The Hall–Kier alpha value is -4.38. The van der Waals surface area contributed by atoms with Gasteiger partial charge in [0.2, 0.25) is 0 Å². The van der Waals surface area contributed by atoms with Gasteiger partial charge in [-0.2, -0.15) is 0 Å². The normalized spacial score (nSPS) is 12.3. The smallest absolute Gasteiger partial charge is 0.118 e. The van der Waals surface area contributed by atoms with E-state index in [1.54, 1.807) is 7.11 Å². The molecule has 0 unspecified atom stereocenters. The minimum Gasteiger partial charge on any atom is -0.497 e. The lowest BCUT2D eigenvalue weighted by atomic mass is 10.0. The molecular weight excluding hydrogens is 552 g/mol. The van der Waals surface area contributed by atoms with E-state index in [0.29, 0.717) is 0 Å². The van der Waals surface area contributed by atoms with Gasteiger partial charge in [0.05, 0.1) is 29.9 Å². The van der Waals surface area contributed by atoms with Gasteiger partial charge in [0.1, 0.15) is 5.75 Å². The lowest BCUT2D eigenvalue weighted by molar-refractivity contribution is 0.415. The van der Waals surface area contributed by atoms with E-state index in [9.17, 15) is 0 Å². The van der Waals surface area contributed by atoms with E-state index in [0.717, 1.165) is 107 Å². The molecule has 0 saturated heterocycles. The van der Waals surface area contributed by atoms with Crippen LogP contribution in [-0.4, -0.2) is 27.0 Å². The van der Waals surface area contributed by atoms with Crippen LogP contribution in [0.2, 0.25) is 0 Å². The molecule has 1 aromatic carbocycles. The fraction of sp³-hybridized carbons (Fsp3) is 0.350. The molecule has 6 rings (SSSR count). The summed E-state index contributed by atoms with van der Waals surface area (Å²) >= 11 is 0. The Morgan fingerprint density at radius 3 is 1.56 bits per heavy atom. The highest BCUT2D eigenvalue weighted by molar-refractivity contribution is 5.94. The quantitative estimate of drug-likeness (QED) is 0.138. The van der Waals surface area contributed by atoms with Gasteiger partial charge in [-0.25, -0.2) is 9.97 Å². The van der Waals surface area contributed by atoms with Crippen molar-refractivity contribution in [1.29, 1.82) is 0 Å². The van der Waals surface area contributed by atoms with Gasteiger partial charge < -0.3 is 14.7 Å². The molecule has 2 aliphatic rings. The standard InChI is InChI=1S/C40H46N4O/c1-5-8-10-11-14-31-35-20-19-32(41-35)29(12-7-3)33-23-25-38(43-33)40(27-15-17-28(45-4)18-16-27)39-26-24-37(44-39)30(13-9-6-2)34-21-22-36(31)42-34/h15-26,43-44H,5-14H2,1-4H3. The van der Waals surface area contributed by atoms with Crippen LogP contribution < -0.4 is 4.74 Å². The fourth-order valence-electron chi connectivity index (χ4n) is 6.57. The first-order valence-corrected chi connectivity index (χ1v) is 16.9. The lowest BCUT2D eigenvalue weighted by Crippen LogP contribution is -1.97. The Morgan fingerprint density at radius 2 is 1.02 bits per heavy atom. The number of hydrogen-bond donors (Lipinski definition) is 2. The summed E-state index contributed by atoms with van der Waals surface area (Å²) in [6.45, 7) is 6.76. The third kappa shape index (κ3) is 6.54. The Labute approximate surface area is 267 Å². The summed E-state index contributed by atoms with van der Waals surface area (Å²) in [5.74, 6) is 0.846. The van der Waals surface area contributed by atoms with Gasteiger partial charge in [-0.15, -0.1) is 0 Å². The van der Waals surface area contributed by atoms with Crippen LogP contribution in [0.25, 0.3) is 57.5 Å². The van der Waals surface area contributed by atoms with Crippen LogP contribution in [0.3, 0.4) is 0 Å². The predicted octanol–water partition coefficient (Wildman–Crippen LogP) is 10.7. The third-order valence-corrected chi connectivity index (χ3v) is 9.02. The summed E-state index contributed by atoms with van der Waals surface area (Å²) in [5, 5.41) is 0. The molecule has 5 heterocycles. The number of rotatable bonds is 12. The zero-order valence-electron chi connectivity index (χ0n) is 27.3. The summed E-state index contributed by atoms with van der Waals surface area (Å²) in [6.07, 6.45) is 19.9. The number of benzene rings is 1. The topological polar surface area (TPSA) is 66.6 Å². The van der Waals surface area contributed by atoms with Gasteiger partial charge >= 0.3 is 0 Å². The molecule has 45 heavy (non-hydrogen) atoms. The van der Waals surface area contributed by atoms with Crippen molar-refractivity contribution < 1.29 is 4.74 Å². The van der Waals surface area contributed by atoms with Gasteiger partial charge in [-0.3, -0.25) is 0 Å². The zero-order chi connectivity index (χ0) is 31.2. The maximum atomic E-state index is 5.49. The second-order valence-corrected chi connectivity index (χ2v) is 12.2. The number of nitrogens with one attached hydrogen (secondary N) is 2. The first kappa shape index (κ1) is 30.6. The highest BCUT2D eigenvalue weighted by atomic mass is 16.5. The van der Waals surface area contributed by atoms with Crippen molar-refractivity contribution in [3.05, 3.63) is 88.0 Å². The second-order valence-electron chi connectivity index (χ2n) is 12.2. The monoisotopic (exact) mass is 598 g/mol. The molecular formula is C40H46N4O. The Morgan fingerprint density at radius 1 is 0.511 bits per heavy atom. The maximum Gasteiger partial charge on any atom is 0.118 e. The number of aryl methyl sites for hydroxylation is 2. The van der Waals surface area contributed by atoms with E-state index in [2.05, 4.69) is 91.4 Å². The SMILES string of the molecule is CCCCCCc1c2nc(c(CCC)c3ccc([nH]3)c(-c3ccc(OC)cc3)c3ccc([nH]3)c(CCCC)c3nc1C=C3)C=C2. The molecule has 0 spiro atoms. The number of aromatic amines is 2. The number of ether oxygens (including phenoxy) is 1. The molecule has 0 aliphatic carbocycles. The molecule has 0 fully saturated rings. The minimum absolute atomic E-state index is 0.846. The van der Waals surface area contributed by atoms with Crippen molar-refractivity contribution in [3.8, 4) is 16.9 Å². The van der Waals surface area contributed by atoms with Crippen LogP contribution in [-0.2, 0) is 19.3 Å². The van der Waals surface area contributed by atoms with E-state index < -0.39 is 0 Å². The fourth-order valence-corrected chi connectivity index (χ4v) is 6.57. The first-order chi connectivity index (χ1) is 22.1. The Kier molecular flexibility index (Phi) is 9.63. The van der Waals surface area contributed by atoms with Crippen LogP contribution in [0.1, 0.15) is 105 Å². The molecule has 2 N–H and O–H groups in total. The maximum absolute atomic E-state index is 5.49. The minimum atomic E-state index is 0.846. The summed E-state index contributed by atoms with van der Waals surface area (Å²) in [4.78, 5) is 18.3. The van der Waals surface area contributed by atoms with Crippen LogP contribution in [0.15, 0.2) is 48.5 Å². The Balaban J connectivity index is 1.69. The van der Waals surface area contributed by atoms with Crippen LogP contribution in [0, 0.1) is 0 Å². The summed E-state index contributed by atoms with van der Waals surface area (Å²) in [5.41, 5.74) is 14.6. The van der Waals surface area contributed by atoms with Gasteiger partial charge in [0.25, 0.3) is 0 Å². The van der Waals surface area contributed by atoms with Crippen molar-refractivity contribution >= 4 is 46.4 Å². The average Bonchev–Trinajstić information content (AvgIpc) is 3.89. The van der Waals surface area contributed by atoms with Crippen molar-refractivity contribution in [2.75, 3.05) is 7.11 Å². The predicted molar refractivity (Wildman–Crippen MR) is 191 cm³/mol. The highest BCUT2D eigenvalue weighted by Crippen LogP contribution is 2.33. The molecule has 232 valence electrons. The molecule has 0 amide bonds. The highest BCUT2D eigenvalue weighted by Gasteiger charge is 2.17. The molecule has 0 atom stereocenters. The number of unbranched alkanes of at least 4 members (excludes halogenated alkanes) is 4. The molecule has 5 nitrogen and oxygen atoms in total. The molecule has 4 aromatic rings. The second kappa shape index (κ2) is 14.2. The number of hydrogen-bond acceptors (Lipinski definition) is 3. The number of methoxy groups -OCH3 is 1. The number of nitrogens with zero attached hydrogens (tertiary/aromatic N) is 2. The molecule has 3 aromatic heterocycles. The summed E-state index contributed by atoms with van der Waals surface area (Å²) < 4.78 is 5.49. The van der Waals surface area contributed by atoms with Gasteiger partial charge in [0.15, 0.2) is 0 Å². The van der Waals surface area contributed by atoms with E-state index >= 15 is 0 Å². The van der Waals surface area contributed by atoms with Crippen LogP contribution in [0.4, 0.5) is 0 Å². The van der Waals surface area contributed by atoms with E-state index in [4.69, 9.17) is 14.7 Å². The van der Waals surface area contributed by atoms with E-state index in [1.807, 2.05) is 12.1 Å². The van der Waals surface area contributed by atoms with Crippen LogP contribution in [0.5, 0.6) is 5.75 Å². The molecule has 5 heteroatoms. The third-order valence-electron chi connectivity index (χ3n) is 9.02. The van der Waals surface area contributed by atoms with Gasteiger partial charge in [-0.1, -0.05) is 65.0 Å². The van der Waals surface area contributed by atoms with Crippen molar-refractivity contribution in [1.82, 2.24) is 19.9 Å². The zero-order valence-corrected chi connectivity index (χ0v) is 27.3. The van der Waals surface area contributed by atoms with Crippen molar-refractivity contribution in [2.24, 2.45) is 0 Å². The van der Waals surface area contributed by atoms with Crippen LogP contribution >= 0.6 is 0 Å². The summed E-state index contributed by atoms with van der Waals surface area (Å²) in [6, 6.07) is 17.2. The van der Waals surface area contributed by atoms with Gasteiger partial charge in [0, 0.05) is 44.3 Å². The van der Waals surface area contributed by atoms with Crippen molar-refractivity contribution in [3.63, 3.8) is 0 Å². The summed E-state index contributed by atoms with van der Waals surface area (Å²) in [7, 11) is 1.71. The number of H-pyrrole nitrogens is 2.